The Bertz CT molecular complexity index is 517. The summed E-state index contributed by atoms with van der Waals surface area (Å²) in [6.45, 7) is 2.76. The molecule has 1 fully saturated rings. The largest absolute Gasteiger partial charge is 0.492 e. The summed E-state index contributed by atoms with van der Waals surface area (Å²) < 4.78 is 5.82. The Hall–Kier alpha value is -1.61. The fourth-order valence-corrected chi connectivity index (χ4v) is 2.06. The van der Waals surface area contributed by atoms with E-state index in [1.54, 1.807) is 0 Å². The van der Waals surface area contributed by atoms with Crippen molar-refractivity contribution in [2.45, 2.75) is 12.8 Å². The second-order valence-electron chi connectivity index (χ2n) is 4.82. The van der Waals surface area contributed by atoms with E-state index in [1.807, 2.05) is 30.5 Å². The Kier molecular flexibility index (Phi) is 3.42. The summed E-state index contributed by atoms with van der Waals surface area (Å²) >= 11 is 0. The fourth-order valence-electron chi connectivity index (χ4n) is 2.06. The van der Waals surface area contributed by atoms with E-state index in [0.717, 1.165) is 35.7 Å². The van der Waals surface area contributed by atoms with Gasteiger partial charge in [0.05, 0.1) is 5.52 Å². The lowest BCUT2D eigenvalue weighted by atomic mass is 10.2. The first-order chi connectivity index (χ1) is 8.93. The maximum Gasteiger partial charge on any atom is 0.128 e. The van der Waals surface area contributed by atoms with Crippen molar-refractivity contribution in [2.24, 2.45) is 5.92 Å². The summed E-state index contributed by atoms with van der Waals surface area (Å²) in [7, 11) is 0. The topological polar surface area (TPSA) is 34.1 Å². The number of pyridine rings is 1. The number of ether oxygens (including phenoxy) is 1. The predicted octanol–water partition coefficient (Wildman–Crippen LogP) is 2.61. The lowest BCUT2D eigenvalue weighted by Crippen LogP contribution is -2.23. The minimum absolute atomic E-state index is 0.709. The molecule has 0 bridgehead atoms. The molecule has 94 valence electrons. The van der Waals surface area contributed by atoms with Crippen molar-refractivity contribution in [1.29, 1.82) is 0 Å². The molecule has 0 amide bonds. The van der Waals surface area contributed by atoms with Crippen LogP contribution in [0.15, 0.2) is 36.5 Å². The Morgan fingerprint density at radius 3 is 3.06 bits per heavy atom. The third-order valence-electron chi connectivity index (χ3n) is 3.27. The number of hydrogen-bond donors (Lipinski definition) is 1. The van der Waals surface area contributed by atoms with Gasteiger partial charge in [0.25, 0.3) is 0 Å². The standard InChI is InChI=1S/C15H18N2O/c1-4-14-13(3-2-8-17-14)15(5-1)18-10-9-16-11-12-6-7-12/h1-5,8,12,16H,6-7,9-11H2. The Labute approximate surface area is 107 Å². The monoisotopic (exact) mass is 242 g/mol. The maximum atomic E-state index is 5.82. The highest BCUT2D eigenvalue weighted by atomic mass is 16.5. The van der Waals surface area contributed by atoms with Gasteiger partial charge in [-0.1, -0.05) is 6.07 Å². The minimum atomic E-state index is 0.709. The molecule has 2 aromatic rings. The van der Waals surface area contributed by atoms with Gasteiger partial charge in [0, 0.05) is 18.1 Å². The second kappa shape index (κ2) is 5.36. The molecule has 0 radical (unpaired) electrons. The minimum Gasteiger partial charge on any atom is -0.492 e. The van der Waals surface area contributed by atoms with Gasteiger partial charge >= 0.3 is 0 Å². The van der Waals surface area contributed by atoms with E-state index in [1.165, 1.54) is 12.8 Å². The van der Waals surface area contributed by atoms with Crippen LogP contribution < -0.4 is 10.1 Å². The molecule has 1 heterocycles. The molecule has 0 unspecified atom stereocenters. The molecular formula is C15H18N2O. The van der Waals surface area contributed by atoms with Crippen LogP contribution in [0, 0.1) is 5.92 Å². The van der Waals surface area contributed by atoms with Crippen LogP contribution in [0.2, 0.25) is 0 Å². The zero-order chi connectivity index (χ0) is 12.2. The summed E-state index contributed by atoms with van der Waals surface area (Å²) in [6, 6.07) is 10.00. The highest BCUT2D eigenvalue weighted by molar-refractivity contribution is 5.84. The van der Waals surface area contributed by atoms with Gasteiger partial charge in [-0.05, 0) is 49.6 Å². The van der Waals surface area contributed by atoms with Gasteiger partial charge < -0.3 is 10.1 Å². The van der Waals surface area contributed by atoms with E-state index in [0.29, 0.717) is 6.61 Å². The zero-order valence-corrected chi connectivity index (χ0v) is 10.4. The summed E-state index contributed by atoms with van der Waals surface area (Å²) in [5.41, 5.74) is 0.987. The Morgan fingerprint density at radius 2 is 2.17 bits per heavy atom. The van der Waals surface area contributed by atoms with Crippen LogP contribution in [0.25, 0.3) is 10.9 Å². The number of nitrogens with one attached hydrogen (secondary N) is 1. The van der Waals surface area contributed by atoms with Gasteiger partial charge in [-0.15, -0.1) is 0 Å². The SMILES string of the molecule is c1cc(OCCNCC2CC2)c2cccnc2c1. The molecule has 0 saturated heterocycles. The maximum absolute atomic E-state index is 5.82. The van der Waals surface area contributed by atoms with Crippen molar-refractivity contribution in [2.75, 3.05) is 19.7 Å². The van der Waals surface area contributed by atoms with Gasteiger partial charge in [0.1, 0.15) is 12.4 Å². The number of rotatable bonds is 6. The molecule has 1 saturated carbocycles. The lowest BCUT2D eigenvalue weighted by Gasteiger charge is -2.09. The molecular weight excluding hydrogens is 224 g/mol. The van der Waals surface area contributed by atoms with Crippen LogP contribution in [0.4, 0.5) is 0 Å². The first-order valence-corrected chi connectivity index (χ1v) is 6.61. The highest BCUT2D eigenvalue weighted by Gasteiger charge is 2.19. The van der Waals surface area contributed by atoms with E-state index in [9.17, 15) is 0 Å². The van der Waals surface area contributed by atoms with Crippen LogP contribution >= 0.6 is 0 Å². The molecule has 0 spiro atoms. The van der Waals surface area contributed by atoms with Crippen molar-refractivity contribution in [3.8, 4) is 5.75 Å². The number of nitrogens with zero attached hydrogens (tertiary/aromatic N) is 1. The van der Waals surface area contributed by atoms with Crippen molar-refractivity contribution < 1.29 is 4.74 Å². The number of benzene rings is 1. The molecule has 1 aliphatic carbocycles. The van der Waals surface area contributed by atoms with E-state index in [2.05, 4.69) is 16.4 Å². The van der Waals surface area contributed by atoms with E-state index in [-0.39, 0.29) is 0 Å². The first-order valence-electron chi connectivity index (χ1n) is 6.61. The second-order valence-corrected chi connectivity index (χ2v) is 4.82. The van der Waals surface area contributed by atoms with Gasteiger partial charge in [-0.2, -0.15) is 0 Å². The summed E-state index contributed by atoms with van der Waals surface area (Å²) in [6.07, 6.45) is 4.59. The van der Waals surface area contributed by atoms with Crippen LogP contribution in [-0.2, 0) is 0 Å². The fraction of sp³-hybridized carbons (Fsp3) is 0.400. The average Bonchev–Trinajstić information content (AvgIpc) is 3.23. The van der Waals surface area contributed by atoms with Gasteiger partial charge in [-0.25, -0.2) is 0 Å². The predicted molar refractivity (Wildman–Crippen MR) is 72.8 cm³/mol. The molecule has 0 aliphatic heterocycles. The van der Waals surface area contributed by atoms with Crippen LogP contribution in [0.1, 0.15) is 12.8 Å². The normalized spacial score (nSPS) is 14.9. The van der Waals surface area contributed by atoms with E-state index < -0.39 is 0 Å². The van der Waals surface area contributed by atoms with Crippen molar-refractivity contribution in [3.63, 3.8) is 0 Å². The lowest BCUT2D eigenvalue weighted by molar-refractivity contribution is 0.316. The van der Waals surface area contributed by atoms with E-state index in [4.69, 9.17) is 4.74 Å². The molecule has 18 heavy (non-hydrogen) atoms. The molecule has 1 N–H and O–H groups in total. The molecule has 3 rings (SSSR count). The first kappa shape index (κ1) is 11.5. The van der Waals surface area contributed by atoms with Crippen LogP contribution in [-0.4, -0.2) is 24.7 Å². The highest BCUT2D eigenvalue weighted by Crippen LogP contribution is 2.27. The zero-order valence-electron chi connectivity index (χ0n) is 10.4. The van der Waals surface area contributed by atoms with E-state index >= 15 is 0 Å². The Morgan fingerprint density at radius 1 is 1.22 bits per heavy atom. The summed E-state index contributed by atoms with van der Waals surface area (Å²) in [5, 5.41) is 4.51. The number of hydrogen-bond acceptors (Lipinski definition) is 3. The quantitative estimate of drug-likeness (QED) is 0.791. The van der Waals surface area contributed by atoms with Crippen molar-refractivity contribution >= 4 is 10.9 Å². The van der Waals surface area contributed by atoms with Crippen molar-refractivity contribution in [3.05, 3.63) is 36.5 Å². The molecule has 0 atom stereocenters. The molecule has 1 aromatic carbocycles. The van der Waals surface area contributed by atoms with Gasteiger partial charge in [-0.3, -0.25) is 4.98 Å². The molecule has 3 nitrogen and oxygen atoms in total. The third-order valence-corrected chi connectivity index (χ3v) is 3.27. The smallest absolute Gasteiger partial charge is 0.128 e. The van der Waals surface area contributed by atoms with Gasteiger partial charge in [0.2, 0.25) is 0 Å². The average molecular weight is 242 g/mol. The molecule has 1 aliphatic rings. The number of fused-ring (bicyclic) bond motifs is 1. The van der Waals surface area contributed by atoms with Crippen LogP contribution in [0.5, 0.6) is 5.75 Å². The third kappa shape index (κ3) is 2.79. The van der Waals surface area contributed by atoms with Gasteiger partial charge in [0.15, 0.2) is 0 Å². The summed E-state index contributed by atoms with van der Waals surface area (Å²) in [5.74, 6) is 1.85. The van der Waals surface area contributed by atoms with Crippen molar-refractivity contribution in [1.82, 2.24) is 10.3 Å². The Balaban J connectivity index is 1.56. The molecule has 3 heteroatoms. The molecule has 1 aromatic heterocycles. The summed E-state index contributed by atoms with van der Waals surface area (Å²) in [4.78, 5) is 4.32. The number of aromatic nitrogens is 1. The van der Waals surface area contributed by atoms with Crippen LogP contribution in [0.3, 0.4) is 0 Å².